The third kappa shape index (κ3) is 1.71. The van der Waals surface area contributed by atoms with Crippen LogP contribution in [0.5, 0.6) is 0 Å². The van der Waals surface area contributed by atoms with Crippen LogP contribution in [0.15, 0.2) is 12.5 Å². The van der Waals surface area contributed by atoms with Gasteiger partial charge in [-0.25, -0.2) is 9.78 Å². The van der Waals surface area contributed by atoms with Crippen molar-refractivity contribution in [2.24, 2.45) is 0 Å². The molecule has 1 amide bonds. The van der Waals surface area contributed by atoms with Gasteiger partial charge in [-0.05, 0) is 6.92 Å². The number of imidazole rings is 1. The lowest BCUT2D eigenvalue weighted by atomic mass is 10.2. The highest BCUT2D eigenvalue weighted by Gasteiger charge is 2.23. The molecule has 0 radical (unpaired) electrons. The number of ether oxygens (including phenoxy) is 1. The van der Waals surface area contributed by atoms with E-state index >= 15 is 0 Å². The quantitative estimate of drug-likeness (QED) is 0.766. The number of cyclic esters (lactones) is 1. The summed E-state index contributed by atoms with van der Waals surface area (Å²) < 4.78 is 6.87. The first kappa shape index (κ1) is 9.05. The van der Waals surface area contributed by atoms with E-state index in [4.69, 9.17) is 4.74 Å². The van der Waals surface area contributed by atoms with E-state index in [0.717, 1.165) is 18.7 Å². The minimum Gasteiger partial charge on any atom is -0.447 e. The summed E-state index contributed by atoms with van der Waals surface area (Å²) in [5.74, 6) is 0. The van der Waals surface area contributed by atoms with Gasteiger partial charge in [0.2, 0.25) is 0 Å². The number of amides is 1. The molecule has 14 heavy (non-hydrogen) atoms. The molecule has 0 aromatic carbocycles. The number of alkyl carbamates (subject to hydrolysis) is 1. The van der Waals surface area contributed by atoms with Gasteiger partial charge in [-0.1, -0.05) is 0 Å². The molecule has 0 spiro atoms. The SMILES string of the molecule is CCn1cncc1C[C@H]1COC(=O)N1. The maximum atomic E-state index is 10.8. The lowest BCUT2D eigenvalue weighted by Gasteiger charge is -2.08. The second kappa shape index (κ2) is 3.69. The van der Waals surface area contributed by atoms with Crippen LogP contribution in [0.4, 0.5) is 4.79 Å². The van der Waals surface area contributed by atoms with Gasteiger partial charge in [0.15, 0.2) is 0 Å². The highest BCUT2D eigenvalue weighted by atomic mass is 16.6. The summed E-state index contributed by atoms with van der Waals surface area (Å²) in [5, 5.41) is 2.74. The van der Waals surface area contributed by atoms with Crippen molar-refractivity contribution in [2.75, 3.05) is 6.61 Å². The van der Waals surface area contributed by atoms with E-state index in [1.807, 2.05) is 6.20 Å². The summed E-state index contributed by atoms with van der Waals surface area (Å²) in [6.07, 6.45) is 4.08. The highest BCUT2D eigenvalue weighted by molar-refractivity contribution is 5.69. The number of hydrogen-bond acceptors (Lipinski definition) is 3. The molecule has 1 fully saturated rings. The Morgan fingerprint density at radius 2 is 2.64 bits per heavy atom. The van der Waals surface area contributed by atoms with Crippen LogP contribution < -0.4 is 5.32 Å². The first-order chi connectivity index (χ1) is 6.79. The molecule has 2 heterocycles. The predicted octanol–water partition coefficient (Wildman–Crippen LogP) is 0.554. The van der Waals surface area contributed by atoms with Gasteiger partial charge in [-0.2, -0.15) is 0 Å². The monoisotopic (exact) mass is 195 g/mol. The molecule has 1 atom stereocenters. The van der Waals surface area contributed by atoms with E-state index in [2.05, 4.69) is 21.8 Å². The number of carbonyl (C=O) groups excluding carboxylic acids is 1. The van der Waals surface area contributed by atoms with Crippen molar-refractivity contribution in [3.05, 3.63) is 18.2 Å². The molecule has 1 aromatic rings. The summed E-state index contributed by atoms with van der Waals surface area (Å²) in [7, 11) is 0. The maximum absolute atomic E-state index is 10.8. The van der Waals surface area contributed by atoms with Crippen LogP contribution in [-0.4, -0.2) is 28.3 Å². The Balaban J connectivity index is 2.00. The van der Waals surface area contributed by atoms with Gasteiger partial charge in [0.1, 0.15) is 6.61 Å². The van der Waals surface area contributed by atoms with Crippen LogP contribution in [-0.2, 0) is 17.7 Å². The number of rotatable bonds is 3. The molecule has 0 unspecified atom stereocenters. The normalized spacial score (nSPS) is 20.6. The van der Waals surface area contributed by atoms with Crippen molar-refractivity contribution < 1.29 is 9.53 Å². The minimum atomic E-state index is -0.322. The van der Waals surface area contributed by atoms with Gasteiger partial charge in [0.25, 0.3) is 0 Å². The topological polar surface area (TPSA) is 56.2 Å². The zero-order valence-electron chi connectivity index (χ0n) is 8.06. The number of nitrogens with zero attached hydrogens (tertiary/aromatic N) is 2. The van der Waals surface area contributed by atoms with Crippen molar-refractivity contribution in [3.8, 4) is 0 Å². The molecule has 0 saturated carbocycles. The fourth-order valence-corrected chi connectivity index (χ4v) is 1.59. The largest absolute Gasteiger partial charge is 0.447 e. The molecular weight excluding hydrogens is 182 g/mol. The summed E-state index contributed by atoms with van der Waals surface area (Å²) in [5.41, 5.74) is 1.13. The summed E-state index contributed by atoms with van der Waals surface area (Å²) >= 11 is 0. The number of nitrogens with one attached hydrogen (secondary N) is 1. The Kier molecular flexibility index (Phi) is 2.39. The Labute approximate surface area is 82.1 Å². The summed E-state index contributed by atoms with van der Waals surface area (Å²) in [6, 6.07) is 0.0875. The standard InChI is InChI=1S/C9H13N3O2/c1-2-12-6-10-4-8(12)3-7-5-14-9(13)11-7/h4,6-7H,2-3,5H2,1H3,(H,11,13)/t7-/m0/s1. The van der Waals surface area contributed by atoms with Gasteiger partial charge < -0.3 is 14.6 Å². The molecule has 76 valence electrons. The molecule has 2 rings (SSSR count). The number of hydrogen-bond donors (Lipinski definition) is 1. The van der Waals surface area contributed by atoms with E-state index in [0.29, 0.717) is 6.61 Å². The molecule has 5 nitrogen and oxygen atoms in total. The Morgan fingerprint density at radius 3 is 3.29 bits per heavy atom. The molecule has 1 saturated heterocycles. The Bertz CT molecular complexity index is 335. The van der Waals surface area contributed by atoms with Crippen LogP contribution in [0, 0.1) is 0 Å². The van der Waals surface area contributed by atoms with Crippen LogP contribution in [0.3, 0.4) is 0 Å². The predicted molar refractivity (Wildman–Crippen MR) is 49.9 cm³/mol. The highest BCUT2D eigenvalue weighted by Crippen LogP contribution is 2.07. The molecule has 5 heteroatoms. The van der Waals surface area contributed by atoms with Crippen LogP contribution in [0.25, 0.3) is 0 Å². The smallest absolute Gasteiger partial charge is 0.407 e. The maximum Gasteiger partial charge on any atom is 0.407 e. The van der Waals surface area contributed by atoms with Gasteiger partial charge >= 0.3 is 6.09 Å². The van der Waals surface area contributed by atoms with Crippen molar-refractivity contribution in [2.45, 2.75) is 25.9 Å². The average Bonchev–Trinajstić information content (AvgIpc) is 2.76. The zero-order chi connectivity index (χ0) is 9.97. The minimum absolute atomic E-state index is 0.0875. The van der Waals surface area contributed by atoms with E-state index in [-0.39, 0.29) is 12.1 Å². The first-order valence-corrected chi connectivity index (χ1v) is 4.72. The average molecular weight is 195 g/mol. The first-order valence-electron chi connectivity index (χ1n) is 4.72. The third-order valence-electron chi connectivity index (χ3n) is 2.33. The number of carbonyl (C=O) groups is 1. The molecule has 1 aromatic heterocycles. The van der Waals surface area contributed by atoms with E-state index in [1.54, 1.807) is 6.33 Å². The van der Waals surface area contributed by atoms with Crippen LogP contribution >= 0.6 is 0 Å². The Morgan fingerprint density at radius 1 is 1.79 bits per heavy atom. The van der Waals surface area contributed by atoms with Gasteiger partial charge in [-0.15, -0.1) is 0 Å². The summed E-state index contributed by atoms with van der Waals surface area (Å²) in [4.78, 5) is 14.8. The van der Waals surface area contributed by atoms with Gasteiger partial charge in [0.05, 0.1) is 12.4 Å². The van der Waals surface area contributed by atoms with Crippen molar-refractivity contribution in [1.82, 2.24) is 14.9 Å². The van der Waals surface area contributed by atoms with Crippen LogP contribution in [0.2, 0.25) is 0 Å². The molecule has 1 aliphatic heterocycles. The molecule has 0 aliphatic carbocycles. The fraction of sp³-hybridized carbons (Fsp3) is 0.556. The van der Waals surface area contributed by atoms with E-state index < -0.39 is 0 Å². The lowest BCUT2D eigenvalue weighted by molar-refractivity contribution is 0.176. The van der Waals surface area contributed by atoms with Crippen molar-refractivity contribution in [3.63, 3.8) is 0 Å². The molecular formula is C9H13N3O2. The number of aryl methyl sites for hydroxylation is 1. The van der Waals surface area contributed by atoms with Crippen molar-refractivity contribution in [1.29, 1.82) is 0 Å². The third-order valence-corrected chi connectivity index (χ3v) is 2.33. The Hall–Kier alpha value is -1.52. The molecule has 1 N–H and O–H groups in total. The fourth-order valence-electron chi connectivity index (χ4n) is 1.59. The summed E-state index contributed by atoms with van der Waals surface area (Å²) in [6.45, 7) is 3.42. The molecule has 0 bridgehead atoms. The van der Waals surface area contributed by atoms with Gasteiger partial charge in [0, 0.05) is 24.9 Å². The van der Waals surface area contributed by atoms with E-state index in [1.165, 1.54) is 0 Å². The number of aromatic nitrogens is 2. The zero-order valence-corrected chi connectivity index (χ0v) is 8.06. The lowest BCUT2D eigenvalue weighted by Crippen LogP contribution is -2.29. The van der Waals surface area contributed by atoms with Crippen LogP contribution in [0.1, 0.15) is 12.6 Å². The second-order valence-electron chi connectivity index (χ2n) is 3.31. The van der Waals surface area contributed by atoms with Crippen molar-refractivity contribution >= 4 is 6.09 Å². The molecule has 1 aliphatic rings. The van der Waals surface area contributed by atoms with E-state index in [9.17, 15) is 4.79 Å². The van der Waals surface area contributed by atoms with Gasteiger partial charge in [-0.3, -0.25) is 0 Å². The second-order valence-corrected chi connectivity index (χ2v) is 3.31.